The van der Waals surface area contributed by atoms with Gasteiger partial charge in [-0.2, -0.15) is 5.26 Å². The molecule has 0 aliphatic carbocycles. The molecule has 0 unspecified atom stereocenters. The number of benzene rings is 2. The van der Waals surface area contributed by atoms with Crippen molar-refractivity contribution in [2.75, 3.05) is 5.32 Å². The molecule has 0 amide bonds. The Morgan fingerprint density at radius 2 is 2.10 bits per heavy atom. The number of nitrogens with zero attached hydrogens (tertiary/aromatic N) is 2. The topological polar surface area (TPSA) is 79.0 Å². The third-order valence-corrected chi connectivity index (χ3v) is 3.05. The standard InChI is InChI=1S/C15H12FN3O2/c1-10-2-3-11(6-15(10)19(20)21)9-18-13-4-5-14(16)12(7-13)8-17/h2-7,18H,9H2,1H3. The number of nitro groups is 1. The summed E-state index contributed by atoms with van der Waals surface area (Å²) >= 11 is 0. The van der Waals surface area contributed by atoms with E-state index in [1.165, 1.54) is 24.3 Å². The summed E-state index contributed by atoms with van der Waals surface area (Å²) in [4.78, 5) is 10.5. The van der Waals surface area contributed by atoms with Gasteiger partial charge in [0.25, 0.3) is 5.69 Å². The molecule has 6 heteroatoms. The van der Waals surface area contributed by atoms with Crippen LogP contribution < -0.4 is 5.32 Å². The van der Waals surface area contributed by atoms with E-state index in [1.807, 2.05) is 0 Å². The van der Waals surface area contributed by atoms with Gasteiger partial charge in [-0.15, -0.1) is 0 Å². The number of aryl methyl sites for hydroxylation is 1. The van der Waals surface area contributed by atoms with E-state index in [9.17, 15) is 14.5 Å². The van der Waals surface area contributed by atoms with Gasteiger partial charge in [0.1, 0.15) is 11.9 Å². The fourth-order valence-corrected chi connectivity index (χ4v) is 1.89. The molecule has 21 heavy (non-hydrogen) atoms. The van der Waals surface area contributed by atoms with Gasteiger partial charge in [-0.05, 0) is 30.7 Å². The fourth-order valence-electron chi connectivity index (χ4n) is 1.89. The van der Waals surface area contributed by atoms with Gasteiger partial charge >= 0.3 is 0 Å². The summed E-state index contributed by atoms with van der Waals surface area (Å²) in [5.74, 6) is -0.575. The molecule has 0 aliphatic rings. The summed E-state index contributed by atoms with van der Waals surface area (Å²) < 4.78 is 13.2. The highest BCUT2D eigenvalue weighted by atomic mass is 19.1. The van der Waals surface area contributed by atoms with E-state index < -0.39 is 10.7 Å². The second-order valence-electron chi connectivity index (χ2n) is 4.54. The molecule has 0 radical (unpaired) electrons. The van der Waals surface area contributed by atoms with Crippen molar-refractivity contribution in [2.45, 2.75) is 13.5 Å². The van der Waals surface area contributed by atoms with Crippen molar-refractivity contribution < 1.29 is 9.31 Å². The Kier molecular flexibility index (Phi) is 4.14. The van der Waals surface area contributed by atoms with Crippen molar-refractivity contribution in [3.05, 3.63) is 69.0 Å². The van der Waals surface area contributed by atoms with Gasteiger partial charge in [0.2, 0.25) is 0 Å². The van der Waals surface area contributed by atoms with E-state index in [2.05, 4.69) is 5.32 Å². The number of rotatable bonds is 4. The lowest BCUT2D eigenvalue weighted by Gasteiger charge is -2.08. The summed E-state index contributed by atoms with van der Waals surface area (Å²) in [6, 6.07) is 10.8. The van der Waals surface area contributed by atoms with Gasteiger partial charge in [0.05, 0.1) is 10.5 Å². The predicted octanol–water partition coefficient (Wildman–Crippen LogP) is 3.53. The zero-order valence-corrected chi connectivity index (χ0v) is 11.3. The SMILES string of the molecule is Cc1ccc(CNc2ccc(F)c(C#N)c2)cc1[N+](=O)[O-]. The quantitative estimate of drug-likeness (QED) is 0.688. The van der Waals surface area contributed by atoms with Gasteiger partial charge in [0.15, 0.2) is 0 Å². The first-order valence-electron chi connectivity index (χ1n) is 6.18. The zero-order valence-electron chi connectivity index (χ0n) is 11.3. The van der Waals surface area contributed by atoms with Crippen molar-refractivity contribution in [3.63, 3.8) is 0 Å². The van der Waals surface area contributed by atoms with Crippen molar-refractivity contribution >= 4 is 11.4 Å². The summed E-state index contributed by atoms with van der Waals surface area (Å²) in [7, 11) is 0. The molecular formula is C15H12FN3O2. The molecule has 2 rings (SSSR count). The third-order valence-electron chi connectivity index (χ3n) is 3.05. The van der Waals surface area contributed by atoms with Gasteiger partial charge in [-0.1, -0.05) is 12.1 Å². The van der Waals surface area contributed by atoms with Crippen LogP contribution >= 0.6 is 0 Å². The first-order chi connectivity index (χ1) is 10.0. The molecule has 0 saturated carbocycles. The maximum absolute atomic E-state index is 13.2. The van der Waals surface area contributed by atoms with Gasteiger partial charge in [-0.25, -0.2) is 4.39 Å². The lowest BCUT2D eigenvalue weighted by atomic mass is 10.1. The van der Waals surface area contributed by atoms with E-state index in [-0.39, 0.29) is 11.3 Å². The molecular weight excluding hydrogens is 273 g/mol. The largest absolute Gasteiger partial charge is 0.381 e. The summed E-state index contributed by atoms with van der Waals surface area (Å²) in [6.45, 7) is 2.02. The van der Waals surface area contributed by atoms with Crippen LogP contribution in [0.1, 0.15) is 16.7 Å². The molecule has 106 valence electrons. The van der Waals surface area contributed by atoms with Crippen LogP contribution in [-0.2, 0) is 6.54 Å². The molecule has 5 nitrogen and oxygen atoms in total. The minimum Gasteiger partial charge on any atom is -0.381 e. The van der Waals surface area contributed by atoms with Crippen molar-refractivity contribution in [2.24, 2.45) is 0 Å². The van der Waals surface area contributed by atoms with Crippen LogP contribution in [0.25, 0.3) is 0 Å². The molecule has 0 aliphatic heterocycles. The van der Waals surface area contributed by atoms with Crippen LogP contribution in [0, 0.1) is 34.2 Å². The minimum absolute atomic E-state index is 0.0464. The Morgan fingerprint density at radius 1 is 1.33 bits per heavy atom. The number of nitrogens with one attached hydrogen (secondary N) is 1. The molecule has 0 fully saturated rings. The van der Waals surface area contributed by atoms with E-state index >= 15 is 0 Å². The molecule has 0 saturated heterocycles. The number of nitro benzene ring substituents is 1. The molecule has 0 heterocycles. The van der Waals surface area contributed by atoms with Crippen LogP contribution in [0.15, 0.2) is 36.4 Å². The highest BCUT2D eigenvalue weighted by Crippen LogP contribution is 2.20. The molecule has 0 spiro atoms. The first-order valence-corrected chi connectivity index (χ1v) is 6.18. The Balaban J connectivity index is 2.15. The Labute approximate surface area is 120 Å². The lowest BCUT2D eigenvalue weighted by Crippen LogP contribution is -2.01. The maximum Gasteiger partial charge on any atom is 0.272 e. The fraction of sp³-hybridized carbons (Fsp3) is 0.133. The van der Waals surface area contributed by atoms with Crippen molar-refractivity contribution in [1.82, 2.24) is 0 Å². The number of nitriles is 1. The van der Waals surface area contributed by atoms with Gasteiger partial charge in [-0.3, -0.25) is 10.1 Å². The van der Waals surface area contributed by atoms with Crippen LogP contribution in [0.5, 0.6) is 0 Å². The molecule has 0 atom stereocenters. The zero-order chi connectivity index (χ0) is 15.4. The van der Waals surface area contributed by atoms with Crippen LogP contribution in [0.4, 0.5) is 15.8 Å². The highest BCUT2D eigenvalue weighted by molar-refractivity contribution is 5.51. The van der Waals surface area contributed by atoms with Crippen LogP contribution in [0.3, 0.4) is 0 Å². The molecule has 0 aromatic heterocycles. The monoisotopic (exact) mass is 285 g/mol. The molecule has 2 aromatic carbocycles. The van der Waals surface area contributed by atoms with E-state index in [0.29, 0.717) is 17.8 Å². The number of hydrogen-bond acceptors (Lipinski definition) is 4. The summed E-state index contributed by atoms with van der Waals surface area (Å²) in [5.41, 5.74) is 1.92. The minimum atomic E-state index is -0.575. The number of hydrogen-bond donors (Lipinski definition) is 1. The number of halogens is 1. The average molecular weight is 285 g/mol. The Bertz CT molecular complexity index is 738. The van der Waals surface area contributed by atoms with Crippen molar-refractivity contribution in [1.29, 1.82) is 5.26 Å². The van der Waals surface area contributed by atoms with Crippen LogP contribution in [-0.4, -0.2) is 4.92 Å². The lowest BCUT2D eigenvalue weighted by molar-refractivity contribution is -0.385. The third kappa shape index (κ3) is 3.34. The Morgan fingerprint density at radius 3 is 2.76 bits per heavy atom. The Hall–Kier alpha value is -2.94. The summed E-state index contributed by atoms with van der Waals surface area (Å²) in [5, 5.41) is 22.6. The van der Waals surface area contributed by atoms with Crippen LogP contribution in [0.2, 0.25) is 0 Å². The second-order valence-corrected chi connectivity index (χ2v) is 4.54. The molecule has 0 bridgehead atoms. The molecule has 1 N–H and O–H groups in total. The van der Waals surface area contributed by atoms with Gasteiger partial charge < -0.3 is 5.32 Å². The van der Waals surface area contributed by atoms with Gasteiger partial charge in [0, 0.05) is 23.9 Å². The van der Waals surface area contributed by atoms with E-state index in [1.54, 1.807) is 25.1 Å². The predicted molar refractivity (Wildman–Crippen MR) is 76.3 cm³/mol. The van der Waals surface area contributed by atoms with Crippen molar-refractivity contribution in [3.8, 4) is 6.07 Å². The average Bonchev–Trinajstić information content (AvgIpc) is 2.47. The van der Waals surface area contributed by atoms with E-state index in [4.69, 9.17) is 5.26 Å². The summed E-state index contributed by atoms with van der Waals surface area (Å²) in [6.07, 6.45) is 0. The van der Waals surface area contributed by atoms with E-state index in [0.717, 1.165) is 5.56 Å². The highest BCUT2D eigenvalue weighted by Gasteiger charge is 2.11. The number of anilines is 1. The molecule has 2 aromatic rings. The maximum atomic E-state index is 13.2. The smallest absolute Gasteiger partial charge is 0.272 e. The normalized spacial score (nSPS) is 9.95. The first kappa shape index (κ1) is 14.5. The second kappa shape index (κ2) is 6.01.